The molecule has 2 aromatic heterocycles. The topological polar surface area (TPSA) is 64.0 Å². The lowest BCUT2D eigenvalue weighted by Gasteiger charge is -2.15. The van der Waals surface area contributed by atoms with Crippen LogP contribution in [-0.4, -0.2) is 15.5 Å². The van der Waals surface area contributed by atoms with Crippen molar-refractivity contribution in [2.45, 2.75) is 51.6 Å². The highest BCUT2D eigenvalue weighted by molar-refractivity contribution is 7.18. The molecule has 2 heterocycles. The van der Waals surface area contributed by atoms with Crippen molar-refractivity contribution in [1.29, 1.82) is 0 Å². The van der Waals surface area contributed by atoms with Gasteiger partial charge in [-0.2, -0.15) is 0 Å². The quantitative estimate of drug-likeness (QED) is 0.677. The lowest BCUT2D eigenvalue weighted by molar-refractivity contribution is -0.121. The van der Waals surface area contributed by atoms with Crippen LogP contribution in [0.1, 0.15) is 48.2 Å². The summed E-state index contributed by atoms with van der Waals surface area (Å²) >= 11 is 7.55. The van der Waals surface area contributed by atoms with Crippen molar-refractivity contribution in [3.8, 4) is 0 Å². The molecule has 1 atom stereocenters. The Balaban J connectivity index is 1.45. The average Bonchev–Trinajstić information content (AvgIpc) is 3.07. The predicted octanol–water partition coefficient (Wildman–Crippen LogP) is 4.26. The third-order valence-corrected chi connectivity index (χ3v) is 6.72. The second-order valence-corrected chi connectivity index (χ2v) is 8.74. The number of fused-ring (bicyclic) bond motifs is 3. The van der Waals surface area contributed by atoms with Crippen LogP contribution < -0.4 is 10.9 Å². The lowest BCUT2D eigenvalue weighted by Crippen LogP contribution is -2.29. The first-order valence-electron chi connectivity index (χ1n) is 9.57. The summed E-state index contributed by atoms with van der Waals surface area (Å²) in [6.45, 7) is 2.25. The van der Waals surface area contributed by atoms with Crippen LogP contribution in [0.4, 0.5) is 0 Å². The Labute approximate surface area is 172 Å². The highest BCUT2D eigenvalue weighted by atomic mass is 35.5. The first-order chi connectivity index (χ1) is 13.5. The first-order valence-corrected chi connectivity index (χ1v) is 10.8. The Morgan fingerprint density at radius 3 is 2.82 bits per heavy atom. The number of nitrogens with zero attached hydrogens (tertiary/aromatic N) is 2. The fourth-order valence-electron chi connectivity index (χ4n) is 3.71. The van der Waals surface area contributed by atoms with Gasteiger partial charge < -0.3 is 5.32 Å². The maximum Gasteiger partial charge on any atom is 0.262 e. The molecule has 0 fully saturated rings. The minimum atomic E-state index is -0.119. The minimum absolute atomic E-state index is 0.0250. The van der Waals surface area contributed by atoms with Crippen molar-refractivity contribution in [3.05, 3.63) is 62.0 Å². The summed E-state index contributed by atoms with van der Waals surface area (Å²) in [6, 6.07) is 7.29. The van der Waals surface area contributed by atoms with Crippen molar-refractivity contribution in [2.24, 2.45) is 0 Å². The van der Waals surface area contributed by atoms with Crippen LogP contribution in [0, 0.1) is 0 Å². The summed E-state index contributed by atoms with van der Waals surface area (Å²) in [7, 11) is 0. The van der Waals surface area contributed by atoms with Crippen LogP contribution in [0.25, 0.3) is 10.2 Å². The van der Waals surface area contributed by atoms with Gasteiger partial charge in [-0.1, -0.05) is 23.7 Å². The molecule has 5 nitrogen and oxygen atoms in total. The molecule has 1 aliphatic carbocycles. The molecule has 1 amide bonds. The number of aromatic nitrogens is 2. The molecular weight excluding hydrogens is 394 g/mol. The monoisotopic (exact) mass is 415 g/mol. The van der Waals surface area contributed by atoms with Crippen molar-refractivity contribution >= 4 is 39.1 Å². The van der Waals surface area contributed by atoms with Gasteiger partial charge in [0.05, 0.1) is 17.8 Å². The van der Waals surface area contributed by atoms with Crippen LogP contribution in [0.15, 0.2) is 35.4 Å². The van der Waals surface area contributed by atoms with E-state index in [9.17, 15) is 9.59 Å². The molecule has 0 unspecified atom stereocenters. The molecule has 0 spiro atoms. The Morgan fingerprint density at radius 2 is 2.04 bits per heavy atom. The highest BCUT2D eigenvalue weighted by Crippen LogP contribution is 2.33. The van der Waals surface area contributed by atoms with Gasteiger partial charge in [-0.3, -0.25) is 14.2 Å². The molecule has 0 saturated heterocycles. The number of amides is 1. The third kappa shape index (κ3) is 3.84. The molecule has 28 heavy (non-hydrogen) atoms. The summed E-state index contributed by atoms with van der Waals surface area (Å²) in [5.41, 5.74) is 2.14. The van der Waals surface area contributed by atoms with E-state index < -0.39 is 0 Å². The number of aryl methyl sites for hydroxylation is 3. The zero-order valence-electron chi connectivity index (χ0n) is 15.7. The van der Waals surface area contributed by atoms with Gasteiger partial charge in [0.15, 0.2) is 0 Å². The number of benzene rings is 1. The van der Waals surface area contributed by atoms with E-state index in [-0.39, 0.29) is 23.9 Å². The van der Waals surface area contributed by atoms with Crippen molar-refractivity contribution in [1.82, 2.24) is 14.9 Å². The van der Waals surface area contributed by atoms with E-state index in [0.717, 1.165) is 35.0 Å². The van der Waals surface area contributed by atoms with Gasteiger partial charge in [-0.25, -0.2) is 4.98 Å². The fraction of sp³-hybridized carbons (Fsp3) is 0.381. The second-order valence-electron chi connectivity index (χ2n) is 7.22. The molecule has 1 aliphatic rings. The molecule has 7 heteroatoms. The normalized spacial score (nSPS) is 14.6. The lowest BCUT2D eigenvalue weighted by atomic mass is 9.97. The number of thiophene rings is 1. The zero-order chi connectivity index (χ0) is 19.7. The minimum Gasteiger partial charge on any atom is -0.350 e. The predicted molar refractivity (Wildman–Crippen MR) is 113 cm³/mol. The number of hydrogen-bond acceptors (Lipinski definition) is 4. The van der Waals surface area contributed by atoms with Gasteiger partial charge in [0.25, 0.3) is 5.56 Å². The Kier molecular flexibility index (Phi) is 5.51. The molecule has 0 radical (unpaired) electrons. The van der Waals surface area contributed by atoms with Crippen LogP contribution in [0.5, 0.6) is 0 Å². The number of rotatable bonds is 5. The largest absolute Gasteiger partial charge is 0.350 e. The van der Waals surface area contributed by atoms with E-state index in [1.807, 2.05) is 31.2 Å². The van der Waals surface area contributed by atoms with Gasteiger partial charge in [0.2, 0.25) is 5.91 Å². The van der Waals surface area contributed by atoms with E-state index in [4.69, 9.17) is 11.6 Å². The maximum absolute atomic E-state index is 12.9. The van der Waals surface area contributed by atoms with Gasteiger partial charge in [0.1, 0.15) is 4.83 Å². The molecule has 146 valence electrons. The molecule has 0 aliphatic heterocycles. The Hall–Kier alpha value is -2.18. The molecule has 1 aromatic carbocycles. The summed E-state index contributed by atoms with van der Waals surface area (Å²) in [4.78, 5) is 31.9. The Bertz CT molecular complexity index is 1070. The fourth-order valence-corrected chi connectivity index (χ4v) is 5.06. The van der Waals surface area contributed by atoms with Gasteiger partial charge in [-0.05, 0) is 55.9 Å². The van der Waals surface area contributed by atoms with Crippen LogP contribution in [0.3, 0.4) is 0 Å². The molecule has 4 rings (SSSR count). The number of hydrogen-bond donors (Lipinski definition) is 1. The van der Waals surface area contributed by atoms with Crippen molar-refractivity contribution in [3.63, 3.8) is 0 Å². The first kappa shape index (κ1) is 19.2. The van der Waals surface area contributed by atoms with Crippen LogP contribution in [0.2, 0.25) is 5.02 Å². The summed E-state index contributed by atoms with van der Waals surface area (Å²) in [5, 5.41) is 4.40. The third-order valence-electron chi connectivity index (χ3n) is 5.27. The molecule has 1 N–H and O–H groups in total. The van der Waals surface area contributed by atoms with E-state index >= 15 is 0 Å². The van der Waals surface area contributed by atoms with E-state index in [2.05, 4.69) is 10.3 Å². The number of carbonyl (C=O) groups excluding carboxylic acids is 1. The standard InChI is InChI=1S/C21H22ClN3O2S/c1-13(14-6-8-15(22)9-7-14)24-18(26)10-11-25-12-23-20-19(21(25)27)16-4-2-3-5-17(16)28-20/h6-9,12-13H,2-5,10-11H2,1H3,(H,24,26)/t13-/m1/s1. The van der Waals surface area contributed by atoms with Crippen molar-refractivity contribution < 1.29 is 4.79 Å². The maximum atomic E-state index is 12.9. The van der Waals surface area contributed by atoms with E-state index in [0.29, 0.717) is 11.6 Å². The van der Waals surface area contributed by atoms with Crippen LogP contribution >= 0.6 is 22.9 Å². The van der Waals surface area contributed by atoms with Gasteiger partial charge in [-0.15, -0.1) is 11.3 Å². The molecule has 3 aromatic rings. The molecular formula is C21H22ClN3O2S. The average molecular weight is 416 g/mol. The zero-order valence-corrected chi connectivity index (χ0v) is 17.3. The number of halogens is 1. The summed E-state index contributed by atoms with van der Waals surface area (Å²) < 4.78 is 1.57. The molecule has 0 saturated carbocycles. The number of nitrogens with one attached hydrogen (secondary N) is 1. The SMILES string of the molecule is C[C@@H](NC(=O)CCn1cnc2sc3c(c2c1=O)CCCC3)c1ccc(Cl)cc1. The smallest absolute Gasteiger partial charge is 0.262 e. The second kappa shape index (κ2) is 8.05. The highest BCUT2D eigenvalue weighted by Gasteiger charge is 2.20. The van der Waals surface area contributed by atoms with Gasteiger partial charge in [0, 0.05) is 22.9 Å². The Morgan fingerprint density at radius 1 is 1.29 bits per heavy atom. The van der Waals surface area contributed by atoms with E-state index in [1.54, 1.807) is 22.2 Å². The van der Waals surface area contributed by atoms with Crippen LogP contribution in [-0.2, 0) is 24.2 Å². The summed E-state index contributed by atoms with van der Waals surface area (Å²) in [5.74, 6) is -0.0956. The molecule has 0 bridgehead atoms. The summed E-state index contributed by atoms with van der Waals surface area (Å²) in [6.07, 6.45) is 6.11. The number of carbonyl (C=O) groups is 1. The van der Waals surface area contributed by atoms with Gasteiger partial charge >= 0.3 is 0 Å². The van der Waals surface area contributed by atoms with E-state index in [1.165, 1.54) is 16.9 Å². The van der Waals surface area contributed by atoms with Crippen molar-refractivity contribution in [2.75, 3.05) is 0 Å².